The maximum Gasteiger partial charge on any atom is 1.00 e. The molecule has 0 saturated carbocycles. The van der Waals surface area contributed by atoms with Gasteiger partial charge >= 0.3 is 29.6 Å². The van der Waals surface area contributed by atoms with Crippen molar-refractivity contribution < 1.29 is 47.3 Å². The summed E-state index contributed by atoms with van der Waals surface area (Å²) in [7, 11) is -4.76. The van der Waals surface area contributed by atoms with Crippen molar-refractivity contribution in [2.75, 3.05) is 0 Å². The second kappa shape index (κ2) is 6.27. The molecule has 0 fully saturated rings. The van der Waals surface area contributed by atoms with Crippen LogP contribution in [-0.4, -0.2) is 33.9 Å². The molecule has 2 aromatic carbocycles. The maximum absolute atomic E-state index is 12.4. The summed E-state index contributed by atoms with van der Waals surface area (Å²) in [5, 5.41) is 7.54. The van der Waals surface area contributed by atoms with Crippen molar-refractivity contribution in [2.24, 2.45) is 0 Å². The third-order valence-electron chi connectivity index (χ3n) is 2.93. The summed E-state index contributed by atoms with van der Waals surface area (Å²) in [6, 6.07) is 11.9. The van der Waals surface area contributed by atoms with Crippen molar-refractivity contribution in [3.8, 4) is 0 Å². The molecule has 1 heterocycles. The predicted molar refractivity (Wildman–Crippen MR) is 71.7 cm³/mol. The fourth-order valence-electron chi connectivity index (χ4n) is 1.99. The molecular weight excluding hydrogens is 317 g/mol. The largest absolute Gasteiger partial charge is 1.00 e. The molecule has 0 aliphatic rings. The summed E-state index contributed by atoms with van der Waals surface area (Å²) >= 11 is 0. The Hall–Kier alpha value is -1.58. The van der Waals surface area contributed by atoms with Crippen LogP contribution in [0.25, 0.3) is 11.0 Å². The molecule has 9 heteroatoms. The standard InChI is InChI=1S/C13H9N3O4S.Na/c17-13(9-5-1-4-8-12(9)21(18,19)20)16-11-7-3-2-6-10(11)14-15-16;/h1-8H,(H,18,19,20);/q;+1/p-1. The van der Waals surface area contributed by atoms with Crippen LogP contribution in [0.2, 0.25) is 0 Å². The Morgan fingerprint density at radius 2 is 1.68 bits per heavy atom. The van der Waals surface area contributed by atoms with Crippen molar-refractivity contribution >= 4 is 27.1 Å². The van der Waals surface area contributed by atoms with Crippen LogP contribution in [-0.2, 0) is 10.1 Å². The van der Waals surface area contributed by atoms with Gasteiger partial charge in [0.1, 0.15) is 15.6 Å². The van der Waals surface area contributed by atoms with Crippen molar-refractivity contribution in [1.82, 2.24) is 15.0 Å². The molecule has 0 aliphatic heterocycles. The van der Waals surface area contributed by atoms with Crippen LogP contribution < -0.4 is 29.6 Å². The first-order valence-corrected chi connectivity index (χ1v) is 7.29. The van der Waals surface area contributed by atoms with E-state index in [0.717, 1.165) is 10.7 Å². The van der Waals surface area contributed by atoms with Crippen LogP contribution in [0.15, 0.2) is 53.4 Å². The monoisotopic (exact) mass is 325 g/mol. The van der Waals surface area contributed by atoms with Crippen LogP contribution in [0.1, 0.15) is 10.4 Å². The number of carbonyl (C=O) groups is 1. The van der Waals surface area contributed by atoms with Crippen LogP contribution in [0.5, 0.6) is 0 Å². The Morgan fingerprint density at radius 3 is 2.41 bits per heavy atom. The first-order valence-electron chi connectivity index (χ1n) is 5.88. The minimum Gasteiger partial charge on any atom is -0.744 e. The molecule has 1 aromatic heterocycles. The first kappa shape index (κ1) is 16.8. The molecule has 3 aromatic rings. The van der Waals surface area contributed by atoms with Gasteiger partial charge in [-0.05, 0) is 24.3 Å². The van der Waals surface area contributed by atoms with Gasteiger partial charge in [0.05, 0.1) is 16.0 Å². The molecule has 7 nitrogen and oxygen atoms in total. The number of rotatable bonds is 2. The van der Waals surface area contributed by atoms with E-state index in [1.165, 1.54) is 18.2 Å². The Morgan fingerprint density at radius 1 is 1.05 bits per heavy atom. The third kappa shape index (κ3) is 2.96. The molecule has 0 unspecified atom stereocenters. The van der Waals surface area contributed by atoms with Gasteiger partial charge < -0.3 is 4.55 Å². The molecular formula is C13H8N3NaO4S. The van der Waals surface area contributed by atoms with Crippen LogP contribution in [0.3, 0.4) is 0 Å². The molecule has 22 heavy (non-hydrogen) atoms. The third-order valence-corrected chi connectivity index (χ3v) is 3.83. The fourth-order valence-corrected chi connectivity index (χ4v) is 2.66. The molecule has 0 atom stereocenters. The van der Waals surface area contributed by atoms with Gasteiger partial charge in [-0.2, -0.15) is 4.68 Å². The molecule has 0 saturated heterocycles. The predicted octanol–water partition coefficient (Wildman–Crippen LogP) is -1.97. The Balaban J connectivity index is 0.00000176. The van der Waals surface area contributed by atoms with Gasteiger partial charge in [-0.1, -0.05) is 29.5 Å². The van der Waals surface area contributed by atoms with E-state index in [4.69, 9.17) is 0 Å². The van der Waals surface area contributed by atoms with Crippen LogP contribution in [0, 0.1) is 0 Å². The molecule has 0 amide bonds. The average molecular weight is 325 g/mol. The van der Waals surface area contributed by atoms with Crippen molar-refractivity contribution in [1.29, 1.82) is 0 Å². The van der Waals surface area contributed by atoms with Gasteiger partial charge in [-0.3, -0.25) is 4.79 Å². The van der Waals surface area contributed by atoms with E-state index in [-0.39, 0.29) is 35.1 Å². The van der Waals surface area contributed by atoms with E-state index in [1.807, 2.05) is 0 Å². The zero-order chi connectivity index (χ0) is 15.0. The molecule has 106 valence electrons. The van der Waals surface area contributed by atoms with E-state index in [9.17, 15) is 17.8 Å². The number of nitrogens with zero attached hydrogens (tertiary/aromatic N) is 3. The second-order valence-corrected chi connectivity index (χ2v) is 5.59. The first-order chi connectivity index (χ1) is 9.98. The van der Waals surface area contributed by atoms with Gasteiger partial charge in [0.2, 0.25) is 0 Å². The van der Waals surface area contributed by atoms with Crippen molar-refractivity contribution in [2.45, 2.75) is 4.90 Å². The Bertz CT molecular complexity index is 953. The topological polar surface area (TPSA) is 105 Å². The van der Waals surface area contributed by atoms with Crippen molar-refractivity contribution in [3.05, 3.63) is 54.1 Å². The second-order valence-electron chi connectivity index (χ2n) is 4.25. The number of hydrogen-bond donors (Lipinski definition) is 0. The van der Waals surface area contributed by atoms with Crippen LogP contribution in [0.4, 0.5) is 0 Å². The van der Waals surface area contributed by atoms with Gasteiger partial charge in [0, 0.05) is 0 Å². The summed E-state index contributed by atoms with van der Waals surface area (Å²) in [4.78, 5) is 11.9. The Kier molecular flexibility index (Phi) is 4.78. The molecule has 3 rings (SSSR count). The summed E-state index contributed by atoms with van der Waals surface area (Å²) < 4.78 is 34.7. The van der Waals surface area contributed by atoms with E-state index in [2.05, 4.69) is 10.3 Å². The normalized spacial score (nSPS) is 11.1. The number of fused-ring (bicyclic) bond motifs is 1. The Labute approximate surface area is 148 Å². The SMILES string of the molecule is O=C(c1ccccc1S(=O)(=O)[O-])n1nnc2ccccc21.[Na+]. The average Bonchev–Trinajstić information content (AvgIpc) is 2.89. The van der Waals surface area contributed by atoms with Gasteiger partial charge in [0.25, 0.3) is 5.91 Å². The molecule has 0 N–H and O–H groups in total. The van der Waals surface area contributed by atoms with Gasteiger partial charge in [-0.25, -0.2) is 8.42 Å². The fraction of sp³-hybridized carbons (Fsp3) is 0. The number of benzene rings is 2. The van der Waals surface area contributed by atoms with Crippen molar-refractivity contribution in [3.63, 3.8) is 0 Å². The number of para-hydroxylation sites is 1. The van der Waals surface area contributed by atoms with Gasteiger partial charge in [0.15, 0.2) is 0 Å². The zero-order valence-electron chi connectivity index (χ0n) is 11.5. The number of carbonyl (C=O) groups excluding carboxylic acids is 1. The zero-order valence-corrected chi connectivity index (χ0v) is 14.3. The van der Waals surface area contributed by atoms with Crippen LogP contribution >= 0.6 is 0 Å². The smallest absolute Gasteiger partial charge is 0.744 e. The summed E-state index contributed by atoms with van der Waals surface area (Å²) in [5.41, 5.74) is 0.692. The minimum atomic E-state index is -4.76. The van der Waals surface area contributed by atoms with E-state index in [0.29, 0.717) is 11.0 Å². The number of aromatic nitrogens is 3. The quantitative estimate of drug-likeness (QED) is 0.400. The van der Waals surface area contributed by atoms with E-state index < -0.39 is 20.9 Å². The van der Waals surface area contributed by atoms with E-state index in [1.54, 1.807) is 24.3 Å². The summed E-state index contributed by atoms with van der Waals surface area (Å²) in [6.45, 7) is 0. The number of hydrogen-bond acceptors (Lipinski definition) is 6. The maximum atomic E-state index is 12.4. The molecule has 0 aliphatic carbocycles. The van der Waals surface area contributed by atoms with E-state index >= 15 is 0 Å². The molecule has 0 radical (unpaired) electrons. The van der Waals surface area contributed by atoms with Gasteiger partial charge in [-0.15, -0.1) is 5.10 Å². The minimum absolute atomic E-state index is 0. The molecule has 0 spiro atoms. The summed E-state index contributed by atoms with van der Waals surface area (Å²) in [6.07, 6.45) is 0. The summed E-state index contributed by atoms with van der Waals surface area (Å²) in [5.74, 6) is -0.723. The molecule has 0 bridgehead atoms.